The minimum Gasteiger partial charge on any atom is -0.316 e. The van der Waals surface area contributed by atoms with Gasteiger partial charge in [-0.1, -0.05) is 18.3 Å². The van der Waals surface area contributed by atoms with Gasteiger partial charge in [0, 0.05) is 39.4 Å². The molecule has 2 atom stereocenters. The van der Waals surface area contributed by atoms with Crippen molar-refractivity contribution in [2.45, 2.75) is 13.8 Å². The zero-order chi connectivity index (χ0) is 17.2. The molecule has 0 spiro atoms. The molecule has 2 rings (SSSR count). The van der Waals surface area contributed by atoms with E-state index in [0.29, 0.717) is 21.3 Å². The molecule has 0 aliphatic rings. The number of aryl methyl sites for hydroxylation is 1. The molecule has 0 saturated heterocycles. The highest BCUT2D eigenvalue weighted by Gasteiger charge is 2.19. The van der Waals surface area contributed by atoms with Crippen molar-refractivity contribution >= 4 is 32.0 Å². The van der Waals surface area contributed by atoms with E-state index in [1.54, 1.807) is 13.8 Å². The first-order chi connectivity index (χ1) is 10.7. The molecule has 2 N–H and O–H groups in total. The van der Waals surface area contributed by atoms with Gasteiger partial charge in [0.05, 0.1) is 11.9 Å². The Bertz CT molecular complexity index is 833. The molecule has 23 heavy (non-hydrogen) atoms. The zero-order valence-electron chi connectivity index (χ0n) is 12.9. The van der Waals surface area contributed by atoms with E-state index in [1.807, 2.05) is 0 Å². The topological polar surface area (TPSA) is 95.8 Å². The highest BCUT2D eigenvalue weighted by molar-refractivity contribution is 7.91. The standard InChI is InChI=1S/C14H17FN4O2S2/c1-8(7-23(3,16)21)12(20)19-13-9(2)18-14(22-13)10-4-11(15)6-17-5-10/h4-6,8,16H,7H2,1-3H3,(H,19,20). The monoisotopic (exact) mass is 356 g/mol. The molecule has 0 aromatic carbocycles. The van der Waals surface area contributed by atoms with Crippen molar-refractivity contribution in [1.82, 2.24) is 9.97 Å². The molecule has 0 radical (unpaired) electrons. The van der Waals surface area contributed by atoms with Crippen molar-refractivity contribution < 1.29 is 13.4 Å². The van der Waals surface area contributed by atoms with E-state index >= 15 is 0 Å². The van der Waals surface area contributed by atoms with Crippen LogP contribution in [0.2, 0.25) is 0 Å². The van der Waals surface area contributed by atoms with Crippen molar-refractivity contribution in [2.75, 3.05) is 17.3 Å². The Balaban J connectivity index is 2.17. The lowest BCUT2D eigenvalue weighted by molar-refractivity contribution is -0.118. The summed E-state index contributed by atoms with van der Waals surface area (Å²) in [6.45, 7) is 3.36. The number of halogens is 1. The summed E-state index contributed by atoms with van der Waals surface area (Å²) in [5, 5.41) is 3.83. The van der Waals surface area contributed by atoms with Crippen molar-refractivity contribution in [3.8, 4) is 10.6 Å². The normalized spacial score (nSPS) is 15.0. The number of thiazole rings is 1. The molecule has 2 unspecified atom stereocenters. The maximum absolute atomic E-state index is 13.2. The summed E-state index contributed by atoms with van der Waals surface area (Å²) < 4.78 is 32.1. The second kappa shape index (κ2) is 6.71. The average Bonchev–Trinajstić information content (AvgIpc) is 2.78. The first-order valence-electron chi connectivity index (χ1n) is 6.76. The van der Waals surface area contributed by atoms with Gasteiger partial charge in [-0.05, 0) is 13.0 Å². The SMILES string of the molecule is Cc1nc(-c2cncc(F)c2)sc1NC(=O)C(C)CS(C)(=N)=O. The van der Waals surface area contributed by atoms with Gasteiger partial charge in [0.15, 0.2) is 0 Å². The molecule has 0 bridgehead atoms. The van der Waals surface area contributed by atoms with Crippen molar-refractivity contribution in [2.24, 2.45) is 5.92 Å². The number of nitrogens with one attached hydrogen (secondary N) is 2. The highest BCUT2D eigenvalue weighted by Crippen LogP contribution is 2.31. The largest absolute Gasteiger partial charge is 0.316 e. The van der Waals surface area contributed by atoms with Crippen LogP contribution < -0.4 is 5.32 Å². The van der Waals surface area contributed by atoms with Gasteiger partial charge in [-0.15, -0.1) is 0 Å². The molecular weight excluding hydrogens is 339 g/mol. The Morgan fingerprint density at radius 2 is 2.22 bits per heavy atom. The maximum atomic E-state index is 13.2. The van der Waals surface area contributed by atoms with Crippen molar-refractivity contribution in [1.29, 1.82) is 4.78 Å². The van der Waals surface area contributed by atoms with Crippen LogP contribution in [0.5, 0.6) is 0 Å². The Morgan fingerprint density at radius 3 is 2.83 bits per heavy atom. The molecule has 0 fully saturated rings. The third kappa shape index (κ3) is 4.80. The second-order valence-electron chi connectivity index (χ2n) is 5.39. The predicted octanol–water partition coefficient (Wildman–Crippen LogP) is 2.90. The minimum absolute atomic E-state index is 0.00262. The summed E-state index contributed by atoms with van der Waals surface area (Å²) in [6, 6.07) is 1.33. The van der Waals surface area contributed by atoms with Crippen LogP contribution in [0.1, 0.15) is 12.6 Å². The summed E-state index contributed by atoms with van der Waals surface area (Å²) in [7, 11) is -2.74. The number of amides is 1. The van der Waals surface area contributed by atoms with Crippen LogP contribution in [0.4, 0.5) is 9.39 Å². The van der Waals surface area contributed by atoms with Crippen LogP contribution >= 0.6 is 11.3 Å². The van der Waals surface area contributed by atoms with Gasteiger partial charge in [0.2, 0.25) is 5.91 Å². The van der Waals surface area contributed by atoms with E-state index in [4.69, 9.17) is 4.78 Å². The van der Waals surface area contributed by atoms with Gasteiger partial charge in [-0.25, -0.2) is 9.37 Å². The molecule has 1 amide bonds. The Hall–Kier alpha value is -1.87. The zero-order valence-corrected chi connectivity index (χ0v) is 14.6. The molecule has 2 heterocycles. The lowest BCUT2D eigenvalue weighted by Gasteiger charge is -2.11. The van der Waals surface area contributed by atoms with Crippen LogP contribution in [0.15, 0.2) is 18.5 Å². The van der Waals surface area contributed by atoms with E-state index in [9.17, 15) is 13.4 Å². The van der Waals surface area contributed by atoms with E-state index in [1.165, 1.54) is 29.9 Å². The Labute approximate surface area is 138 Å². The van der Waals surface area contributed by atoms with Gasteiger partial charge in [-0.2, -0.15) is 0 Å². The molecule has 2 aromatic heterocycles. The van der Waals surface area contributed by atoms with Crippen molar-refractivity contribution in [3.05, 3.63) is 30.0 Å². The fourth-order valence-electron chi connectivity index (χ4n) is 1.95. The van der Waals surface area contributed by atoms with Gasteiger partial charge >= 0.3 is 0 Å². The second-order valence-corrected chi connectivity index (χ2v) is 8.73. The first kappa shape index (κ1) is 17.5. The number of nitrogens with zero attached hydrogens (tertiary/aromatic N) is 2. The number of carbonyl (C=O) groups is 1. The summed E-state index contributed by atoms with van der Waals surface area (Å²) in [4.78, 5) is 20.2. The summed E-state index contributed by atoms with van der Waals surface area (Å²) in [6.07, 6.45) is 3.92. The number of rotatable bonds is 5. The molecule has 0 saturated carbocycles. The molecule has 2 aromatic rings. The number of aromatic nitrogens is 2. The predicted molar refractivity (Wildman–Crippen MR) is 89.5 cm³/mol. The maximum Gasteiger partial charge on any atom is 0.228 e. The van der Waals surface area contributed by atoms with E-state index in [2.05, 4.69) is 15.3 Å². The van der Waals surface area contributed by atoms with E-state index in [0.717, 1.165) is 6.20 Å². The van der Waals surface area contributed by atoms with Crippen LogP contribution in [-0.2, 0) is 14.5 Å². The minimum atomic E-state index is -2.74. The van der Waals surface area contributed by atoms with Crippen LogP contribution in [0.25, 0.3) is 10.6 Å². The smallest absolute Gasteiger partial charge is 0.228 e. The summed E-state index contributed by atoms with van der Waals surface area (Å²) in [5.74, 6) is -1.33. The molecule has 0 aliphatic heterocycles. The third-order valence-electron chi connectivity index (χ3n) is 3.00. The Kier molecular flexibility index (Phi) is 5.10. The van der Waals surface area contributed by atoms with Gasteiger partial charge in [0.1, 0.15) is 15.8 Å². The lowest BCUT2D eigenvalue weighted by atomic mass is 10.2. The fourth-order valence-corrected chi connectivity index (χ4v) is 4.01. The summed E-state index contributed by atoms with van der Waals surface area (Å²) >= 11 is 1.22. The first-order valence-corrected chi connectivity index (χ1v) is 9.71. The van der Waals surface area contributed by atoms with Gasteiger partial charge < -0.3 is 5.32 Å². The van der Waals surface area contributed by atoms with Crippen molar-refractivity contribution in [3.63, 3.8) is 0 Å². The van der Waals surface area contributed by atoms with Crippen LogP contribution in [-0.4, -0.2) is 32.1 Å². The quantitative estimate of drug-likeness (QED) is 0.861. The molecular formula is C14H17FN4O2S2. The lowest BCUT2D eigenvalue weighted by Crippen LogP contribution is -2.26. The third-order valence-corrected chi connectivity index (χ3v) is 5.26. The number of anilines is 1. The fraction of sp³-hybridized carbons (Fsp3) is 0.357. The van der Waals surface area contributed by atoms with Crippen LogP contribution in [0, 0.1) is 23.4 Å². The van der Waals surface area contributed by atoms with E-state index in [-0.39, 0.29) is 11.7 Å². The molecule has 9 heteroatoms. The van der Waals surface area contributed by atoms with Crippen LogP contribution in [0.3, 0.4) is 0 Å². The van der Waals surface area contributed by atoms with Gasteiger partial charge in [0.25, 0.3) is 0 Å². The molecule has 0 aliphatic carbocycles. The average molecular weight is 356 g/mol. The number of hydrogen-bond donors (Lipinski definition) is 2. The highest BCUT2D eigenvalue weighted by atomic mass is 32.2. The number of hydrogen-bond acceptors (Lipinski definition) is 6. The van der Waals surface area contributed by atoms with Gasteiger partial charge in [-0.3, -0.25) is 18.8 Å². The van der Waals surface area contributed by atoms with E-state index < -0.39 is 21.5 Å². The Morgan fingerprint density at radius 1 is 1.52 bits per heavy atom. The number of pyridine rings is 1. The molecule has 6 nitrogen and oxygen atoms in total. The summed E-state index contributed by atoms with van der Waals surface area (Å²) in [5.41, 5.74) is 1.15. The molecule has 124 valence electrons. The number of carbonyl (C=O) groups excluding carboxylic acids is 1.